The first kappa shape index (κ1) is 32.5. The molecular formula is C53H34N2S. The Bertz CT molecular complexity index is 3020. The van der Waals surface area contributed by atoms with Crippen LogP contribution in [-0.2, 0) is 5.41 Å². The lowest BCUT2D eigenvalue weighted by Crippen LogP contribution is -2.28. The van der Waals surface area contributed by atoms with E-state index in [-0.39, 0.29) is 0 Å². The van der Waals surface area contributed by atoms with E-state index in [0.29, 0.717) is 5.82 Å². The van der Waals surface area contributed by atoms with E-state index in [4.69, 9.17) is 9.97 Å². The molecule has 1 aliphatic rings. The Morgan fingerprint density at radius 3 is 1.66 bits per heavy atom. The van der Waals surface area contributed by atoms with Crippen molar-refractivity contribution in [1.29, 1.82) is 0 Å². The van der Waals surface area contributed by atoms with Gasteiger partial charge in [0.1, 0.15) is 0 Å². The smallest absolute Gasteiger partial charge is 0.160 e. The average Bonchev–Trinajstić information content (AvgIpc) is 3.81. The minimum atomic E-state index is -0.444. The minimum absolute atomic E-state index is 0.444. The van der Waals surface area contributed by atoms with Crippen LogP contribution in [0.15, 0.2) is 206 Å². The summed E-state index contributed by atoms with van der Waals surface area (Å²) in [4.78, 5) is 10.4. The molecule has 3 heteroatoms. The van der Waals surface area contributed by atoms with Crippen LogP contribution in [0, 0.1) is 0 Å². The van der Waals surface area contributed by atoms with Crippen LogP contribution in [0.1, 0.15) is 22.3 Å². The van der Waals surface area contributed by atoms with Crippen molar-refractivity contribution in [2.24, 2.45) is 0 Å². The summed E-state index contributed by atoms with van der Waals surface area (Å²) in [6, 6.07) is 74.4. The summed E-state index contributed by atoms with van der Waals surface area (Å²) in [6.45, 7) is 0. The molecule has 0 unspecified atom stereocenters. The number of rotatable bonds is 6. The summed E-state index contributed by atoms with van der Waals surface area (Å²) in [5.41, 5.74) is 14.4. The molecular weight excluding hydrogens is 697 g/mol. The molecule has 262 valence electrons. The predicted molar refractivity (Wildman–Crippen MR) is 234 cm³/mol. The van der Waals surface area contributed by atoms with Crippen molar-refractivity contribution in [3.05, 3.63) is 229 Å². The van der Waals surface area contributed by atoms with Crippen molar-refractivity contribution in [3.8, 4) is 56.2 Å². The second-order valence-corrected chi connectivity index (χ2v) is 15.6. The summed E-state index contributed by atoms with van der Waals surface area (Å²) < 4.78 is 2.62. The summed E-state index contributed by atoms with van der Waals surface area (Å²) in [5.74, 6) is 0.709. The van der Waals surface area contributed by atoms with Crippen molar-refractivity contribution in [3.63, 3.8) is 0 Å². The van der Waals surface area contributed by atoms with Crippen LogP contribution in [0.25, 0.3) is 76.3 Å². The van der Waals surface area contributed by atoms with Gasteiger partial charge in [-0.1, -0.05) is 182 Å². The fraction of sp³-hybridized carbons (Fsp3) is 0.0189. The normalized spacial score (nSPS) is 12.8. The first-order chi connectivity index (χ1) is 27.8. The maximum absolute atomic E-state index is 5.25. The Morgan fingerprint density at radius 1 is 0.357 bits per heavy atom. The van der Waals surface area contributed by atoms with Crippen molar-refractivity contribution in [1.82, 2.24) is 9.97 Å². The van der Waals surface area contributed by atoms with Crippen LogP contribution in [0.4, 0.5) is 0 Å². The molecule has 2 nitrogen and oxygen atoms in total. The van der Waals surface area contributed by atoms with E-state index in [0.717, 1.165) is 28.1 Å². The minimum Gasteiger partial charge on any atom is -0.228 e. The van der Waals surface area contributed by atoms with Crippen LogP contribution in [0.2, 0.25) is 0 Å². The first-order valence-electron chi connectivity index (χ1n) is 19.1. The van der Waals surface area contributed by atoms with Gasteiger partial charge in [-0.05, 0) is 68.8 Å². The molecule has 0 atom stereocenters. The molecule has 10 aromatic rings. The number of benzene rings is 8. The van der Waals surface area contributed by atoms with Gasteiger partial charge in [0.15, 0.2) is 5.82 Å². The van der Waals surface area contributed by atoms with E-state index < -0.39 is 5.41 Å². The lowest BCUT2D eigenvalue weighted by molar-refractivity contribution is 0.768. The zero-order valence-corrected chi connectivity index (χ0v) is 31.2. The van der Waals surface area contributed by atoms with Crippen LogP contribution < -0.4 is 0 Å². The highest BCUT2D eigenvalue weighted by molar-refractivity contribution is 7.25. The predicted octanol–water partition coefficient (Wildman–Crippen LogP) is 13.9. The molecule has 2 heterocycles. The van der Waals surface area contributed by atoms with Gasteiger partial charge in [-0.2, -0.15) is 0 Å². The van der Waals surface area contributed by atoms with E-state index in [9.17, 15) is 0 Å². The van der Waals surface area contributed by atoms with Gasteiger partial charge in [-0.3, -0.25) is 0 Å². The van der Waals surface area contributed by atoms with Crippen LogP contribution in [0.3, 0.4) is 0 Å². The number of aromatic nitrogens is 2. The monoisotopic (exact) mass is 730 g/mol. The average molecular weight is 731 g/mol. The number of hydrogen-bond donors (Lipinski definition) is 0. The Labute approximate surface area is 330 Å². The van der Waals surface area contributed by atoms with Gasteiger partial charge in [0.05, 0.1) is 16.8 Å². The van der Waals surface area contributed by atoms with Gasteiger partial charge >= 0.3 is 0 Å². The Balaban J connectivity index is 1.06. The van der Waals surface area contributed by atoms with Crippen molar-refractivity contribution in [2.45, 2.75) is 5.41 Å². The third-order valence-corrected chi connectivity index (χ3v) is 12.5. The number of thiophene rings is 1. The van der Waals surface area contributed by atoms with Gasteiger partial charge in [-0.15, -0.1) is 11.3 Å². The summed E-state index contributed by atoms with van der Waals surface area (Å²) in [6.07, 6.45) is 0. The quantitative estimate of drug-likeness (QED) is 0.170. The second-order valence-electron chi connectivity index (χ2n) is 14.5. The molecule has 8 aromatic carbocycles. The van der Waals surface area contributed by atoms with Crippen LogP contribution in [-0.4, -0.2) is 9.97 Å². The molecule has 0 aliphatic heterocycles. The van der Waals surface area contributed by atoms with Crippen molar-refractivity contribution in [2.75, 3.05) is 0 Å². The number of hydrogen-bond acceptors (Lipinski definition) is 3. The fourth-order valence-corrected chi connectivity index (χ4v) is 10.0. The summed E-state index contributed by atoms with van der Waals surface area (Å²) >= 11 is 1.85. The molecule has 0 spiro atoms. The molecule has 1 aliphatic carbocycles. The van der Waals surface area contributed by atoms with E-state index >= 15 is 0 Å². The highest BCUT2D eigenvalue weighted by atomic mass is 32.1. The third kappa shape index (κ3) is 5.09. The molecule has 0 bridgehead atoms. The molecule has 0 saturated carbocycles. The summed E-state index contributed by atoms with van der Waals surface area (Å²) in [5, 5.41) is 2.63. The van der Waals surface area contributed by atoms with Gasteiger partial charge < -0.3 is 0 Å². The van der Waals surface area contributed by atoms with E-state index in [1.807, 2.05) is 29.5 Å². The topological polar surface area (TPSA) is 25.8 Å². The Morgan fingerprint density at radius 2 is 0.911 bits per heavy atom. The van der Waals surface area contributed by atoms with Crippen LogP contribution in [0.5, 0.6) is 0 Å². The highest BCUT2D eigenvalue weighted by Gasteiger charge is 2.46. The SMILES string of the molecule is c1ccc(-c2nc(-c3ccc(-c4cccc5sc6ccccc6c45)cc3)cc(-c3ccc4c(c3)-c3ccccc3C4(c3ccccc3)c3ccccc3)n2)cc1. The largest absolute Gasteiger partial charge is 0.228 e. The molecule has 2 aromatic heterocycles. The molecule has 0 N–H and O–H groups in total. The molecule has 0 radical (unpaired) electrons. The molecule has 56 heavy (non-hydrogen) atoms. The lowest BCUT2D eigenvalue weighted by Gasteiger charge is -2.33. The molecule has 11 rings (SSSR count). The van der Waals surface area contributed by atoms with Gasteiger partial charge in [0, 0.05) is 36.9 Å². The maximum atomic E-state index is 5.25. The molecule has 0 amide bonds. The lowest BCUT2D eigenvalue weighted by atomic mass is 9.67. The maximum Gasteiger partial charge on any atom is 0.160 e. The third-order valence-electron chi connectivity index (χ3n) is 11.4. The highest BCUT2D eigenvalue weighted by Crippen LogP contribution is 2.56. The zero-order valence-electron chi connectivity index (χ0n) is 30.4. The summed E-state index contributed by atoms with van der Waals surface area (Å²) in [7, 11) is 0. The molecule has 0 saturated heterocycles. The van der Waals surface area contributed by atoms with Gasteiger partial charge in [0.25, 0.3) is 0 Å². The van der Waals surface area contributed by atoms with Crippen molar-refractivity contribution < 1.29 is 0 Å². The van der Waals surface area contributed by atoms with Crippen LogP contribution >= 0.6 is 11.3 Å². The standard InChI is InChI=1S/C53H34N2S/c1-4-15-37(16-5-1)52-54-47(36-29-27-35(28-30-36)41-23-14-26-50-51(41)43-22-11-13-25-49(43)56-50)34-48(55-52)38-31-32-46-44(33-38)42-21-10-12-24-45(42)53(46,39-17-6-2-7-18-39)40-19-8-3-9-20-40/h1-34H. The first-order valence-corrected chi connectivity index (χ1v) is 19.9. The second kappa shape index (κ2) is 13.1. The van der Waals surface area contributed by atoms with Gasteiger partial charge in [-0.25, -0.2) is 9.97 Å². The fourth-order valence-electron chi connectivity index (χ4n) is 8.90. The number of nitrogens with zero attached hydrogens (tertiary/aromatic N) is 2. The van der Waals surface area contributed by atoms with E-state index in [1.54, 1.807) is 0 Å². The molecule has 0 fully saturated rings. The van der Waals surface area contributed by atoms with E-state index in [1.165, 1.54) is 64.7 Å². The Kier molecular flexibility index (Phi) is 7.61. The zero-order chi connectivity index (χ0) is 37.1. The number of fused-ring (bicyclic) bond motifs is 6. The van der Waals surface area contributed by atoms with Gasteiger partial charge in [0.2, 0.25) is 0 Å². The van der Waals surface area contributed by atoms with Crippen molar-refractivity contribution >= 4 is 31.5 Å². The van der Waals surface area contributed by atoms with E-state index in [2.05, 4.69) is 188 Å². The Hall–Kier alpha value is -6.94.